The molecule has 75 heavy (non-hydrogen) atoms. The maximum Gasteiger partial charge on any atom is 0.335 e. The van der Waals surface area contributed by atoms with Crippen molar-refractivity contribution < 1.29 is 58.2 Å². The number of rotatable bonds is 51. The quantitative estimate of drug-likeness (QED) is 0.0228. The molecule has 12 nitrogen and oxygen atoms in total. The Labute approximate surface area is 456 Å². The fourth-order valence-electron chi connectivity index (χ4n) is 8.90. The normalized spacial score (nSPS) is 18.5. The minimum atomic E-state index is -1.91. The molecular weight excluding hydrogens is 949 g/mol. The molecule has 1 rings (SSSR count). The number of aliphatic hydroxyl groups is 2. The van der Waals surface area contributed by atoms with E-state index in [0.29, 0.717) is 19.3 Å². The molecule has 0 aromatic heterocycles. The first-order valence-electron chi connectivity index (χ1n) is 30.3. The molecule has 0 aliphatic carbocycles. The smallest absolute Gasteiger partial charge is 0.335 e. The number of carboxylic acid groups (broad SMARTS) is 1. The molecule has 432 valence electrons. The van der Waals surface area contributed by atoms with E-state index in [2.05, 4.69) is 81.5 Å². The SMILES string of the molecule is CC/C=C\C/C=C\C/C=C\CCCCCCCC(=O)OC1C(OCC(COC(=O)CCCCCCC/C=C\CCCCCCCC)OC(=O)CCCCCCC/C=C\CCCCCCCC)OC(C(=O)O)C(O)C1O. The van der Waals surface area contributed by atoms with E-state index in [-0.39, 0.29) is 25.9 Å². The summed E-state index contributed by atoms with van der Waals surface area (Å²) in [6.45, 7) is 5.86. The van der Waals surface area contributed by atoms with Gasteiger partial charge in [0.1, 0.15) is 18.8 Å². The molecule has 1 fully saturated rings. The third-order valence-electron chi connectivity index (χ3n) is 13.5. The minimum absolute atomic E-state index is 0.0390. The summed E-state index contributed by atoms with van der Waals surface area (Å²) in [4.78, 5) is 51.1. The highest BCUT2D eigenvalue weighted by atomic mass is 16.7. The molecule has 1 saturated heterocycles. The van der Waals surface area contributed by atoms with Crippen LogP contribution in [0.5, 0.6) is 0 Å². The largest absolute Gasteiger partial charge is 0.479 e. The minimum Gasteiger partial charge on any atom is -0.479 e. The van der Waals surface area contributed by atoms with Crippen LogP contribution in [0.2, 0.25) is 0 Å². The number of aliphatic hydroxyl groups excluding tert-OH is 2. The summed E-state index contributed by atoms with van der Waals surface area (Å²) in [5.41, 5.74) is 0. The van der Waals surface area contributed by atoms with Crippen LogP contribution >= 0.6 is 0 Å². The van der Waals surface area contributed by atoms with Crippen molar-refractivity contribution in [3.63, 3.8) is 0 Å². The molecule has 6 atom stereocenters. The lowest BCUT2D eigenvalue weighted by Gasteiger charge is -2.40. The molecular formula is C63H108O12. The summed E-state index contributed by atoms with van der Waals surface area (Å²) in [6, 6.07) is 0. The first-order chi connectivity index (χ1) is 36.6. The highest BCUT2D eigenvalue weighted by molar-refractivity contribution is 5.74. The molecule has 0 amide bonds. The summed E-state index contributed by atoms with van der Waals surface area (Å²) < 4.78 is 28.4. The van der Waals surface area contributed by atoms with Crippen LogP contribution in [0.25, 0.3) is 0 Å². The van der Waals surface area contributed by atoms with Crippen LogP contribution in [0.1, 0.15) is 265 Å². The van der Waals surface area contributed by atoms with Gasteiger partial charge in [-0.1, -0.05) is 204 Å². The van der Waals surface area contributed by atoms with Gasteiger partial charge in [-0.2, -0.15) is 0 Å². The fraction of sp³-hybridized carbons (Fsp3) is 0.778. The number of hydrogen-bond donors (Lipinski definition) is 3. The molecule has 3 N–H and O–H groups in total. The lowest BCUT2D eigenvalue weighted by Crippen LogP contribution is -2.61. The molecule has 0 saturated carbocycles. The average molecular weight is 1060 g/mol. The van der Waals surface area contributed by atoms with Gasteiger partial charge in [-0.3, -0.25) is 14.4 Å². The van der Waals surface area contributed by atoms with Gasteiger partial charge in [0.2, 0.25) is 0 Å². The van der Waals surface area contributed by atoms with Gasteiger partial charge >= 0.3 is 23.9 Å². The molecule has 0 aromatic carbocycles. The Kier molecular flexibility index (Phi) is 47.4. The average Bonchev–Trinajstić information content (AvgIpc) is 3.39. The van der Waals surface area contributed by atoms with E-state index in [1.165, 1.54) is 77.0 Å². The second kappa shape index (κ2) is 51.2. The van der Waals surface area contributed by atoms with Gasteiger partial charge < -0.3 is 39.0 Å². The van der Waals surface area contributed by atoms with Crippen LogP contribution in [0.15, 0.2) is 60.8 Å². The van der Waals surface area contributed by atoms with Gasteiger partial charge in [-0.05, 0) is 103 Å². The molecule has 0 bridgehead atoms. The first kappa shape index (κ1) is 69.4. The Balaban J connectivity index is 2.71. The Morgan fingerprint density at radius 1 is 0.453 bits per heavy atom. The van der Waals surface area contributed by atoms with Gasteiger partial charge in [0.05, 0.1) is 6.61 Å². The van der Waals surface area contributed by atoms with Crippen LogP contribution in [0.4, 0.5) is 0 Å². The molecule has 6 unspecified atom stereocenters. The maximum absolute atomic E-state index is 13.1. The van der Waals surface area contributed by atoms with Gasteiger partial charge in [0.25, 0.3) is 0 Å². The molecule has 1 aliphatic heterocycles. The predicted molar refractivity (Wildman–Crippen MR) is 303 cm³/mol. The summed E-state index contributed by atoms with van der Waals surface area (Å²) in [7, 11) is 0. The topological polar surface area (TPSA) is 175 Å². The van der Waals surface area contributed by atoms with E-state index in [4.69, 9.17) is 23.7 Å². The fourth-order valence-corrected chi connectivity index (χ4v) is 8.90. The Morgan fingerprint density at radius 2 is 0.840 bits per heavy atom. The zero-order valence-electron chi connectivity index (χ0n) is 47.5. The molecule has 12 heteroatoms. The van der Waals surface area contributed by atoms with Gasteiger partial charge in [-0.15, -0.1) is 0 Å². The van der Waals surface area contributed by atoms with Crippen LogP contribution in [0, 0.1) is 0 Å². The number of carboxylic acids is 1. The van der Waals surface area contributed by atoms with Gasteiger partial charge in [0, 0.05) is 19.3 Å². The van der Waals surface area contributed by atoms with Crippen molar-refractivity contribution in [2.24, 2.45) is 0 Å². The van der Waals surface area contributed by atoms with Crippen molar-refractivity contribution >= 4 is 23.9 Å². The molecule has 1 heterocycles. The van der Waals surface area contributed by atoms with Gasteiger partial charge in [-0.25, -0.2) is 4.79 Å². The summed E-state index contributed by atoms with van der Waals surface area (Å²) in [5.74, 6) is -3.15. The van der Waals surface area contributed by atoms with E-state index < -0.39 is 67.3 Å². The Morgan fingerprint density at radius 3 is 1.29 bits per heavy atom. The monoisotopic (exact) mass is 1060 g/mol. The van der Waals surface area contributed by atoms with Crippen LogP contribution < -0.4 is 0 Å². The predicted octanol–water partition coefficient (Wildman–Crippen LogP) is 15.6. The second-order valence-electron chi connectivity index (χ2n) is 20.6. The van der Waals surface area contributed by atoms with Crippen molar-refractivity contribution in [3.05, 3.63) is 60.8 Å². The van der Waals surface area contributed by atoms with Crippen LogP contribution in [-0.2, 0) is 42.9 Å². The summed E-state index contributed by atoms with van der Waals surface area (Å²) >= 11 is 0. The Bertz CT molecular complexity index is 1540. The number of esters is 3. The maximum atomic E-state index is 13.1. The molecule has 1 aliphatic rings. The third-order valence-corrected chi connectivity index (χ3v) is 13.5. The number of hydrogen-bond acceptors (Lipinski definition) is 11. The van der Waals surface area contributed by atoms with Crippen molar-refractivity contribution in [2.75, 3.05) is 13.2 Å². The van der Waals surface area contributed by atoms with Crippen molar-refractivity contribution in [1.29, 1.82) is 0 Å². The van der Waals surface area contributed by atoms with Crippen LogP contribution in [0.3, 0.4) is 0 Å². The number of carbonyl (C=O) groups excluding carboxylic acids is 3. The van der Waals surface area contributed by atoms with Crippen molar-refractivity contribution in [2.45, 2.75) is 302 Å². The lowest BCUT2D eigenvalue weighted by molar-refractivity contribution is -0.301. The van der Waals surface area contributed by atoms with E-state index in [0.717, 1.165) is 128 Å². The second-order valence-corrected chi connectivity index (χ2v) is 20.6. The van der Waals surface area contributed by atoms with E-state index >= 15 is 0 Å². The molecule has 0 radical (unpaired) electrons. The first-order valence-corrected chi connectivity index (χ1v) is 30.3. The standard InChI is InChI=1S/C63H108O12/c1-4-7-10-13-16-19-22-25-28-31-34-37-40-43-46-49-55(64)71-52-54(73-56(65)50-47-44-41-38-35-32-29-26-23-20-17-14-11-8-5-2)53-72-63-61(59(68)58(67)60(75-63)62(69)70)74-57(66)51-48-45-42-39-36-33-30-27-24-21-18-15-12-9-6-3/h9,12,18,21,25-30,54,58-61,63,67-68H,4-8,10-11,13-17,19-20,22-24,31-53H2,1-3H3,(H,69,70)/b12-9-,21-18-,28-25-,29-26-,30-27-. The van der Waals surface area contributed by atoms with Gasteiger partial charge in [0.15, 0.2) is 24.6 Å². The van der Waals surface area contributed by atoms with Crippen molar-refractivity contribution in [1.82, 2.24) is 0 Å². The highest BCUT2D eigenvalue weighted by Gasteiger charge is 2.50. The summed E-state index contributed by atoms with van der Waals surface area (Å²) in [5, 5.41) is 31.5. The number of ether oxygens (including phenoxy) is 5. The van der Waals surface area contributed by atoms with E-state index in [1.807, 2.05) is 0 Å². The van der Waals surface area contributed by atoms with E-state index in [1.54, 1.807) is 0 Å². The zero-order valence-corrected chi connectivity index (χ0v) is 47.5. The third kappa shape index (κ3) is 41.2. The number of aliphatic carboxylic acids is 1. The number of carbonyl (C=O) groups is 4. The Hall–Kier alpha value is -3.58. The lowest BCUT2D eigenvalue weighted by atomic mass is 9.98. The van der Waals surface area contributed by atoms with Crippen LogP contribution in [-0.4, -0.2) is 89.2 Å². The molecule has 0 aromatic rings. The highest BCUT2D eigenvalue weighted by Crippen LogP contribution is 2.26. The zero-order chi connectivity index (χ0) is 54.7. The number of allylic oxidation sites excluding steroid dienone is 10. The number of unbranched alkanes of at least 4 members (excludes halogenated alkanes) is 27. The van der Waals surface area contributed by atoms with Crippen molar-refractivity contribution in [3.8, 4) is 0 Å². The summed E-state index contributed by atoms with van der Waals surface area (Å²) in [6.07, 6.45) is 50.4. The van der Waals surface area contributed by atoms with E-state index in [9.17, 15) is 34.5 Å². The molecule has 0 spiro atoms.